The van der Waals surface area contributed by atoms with Crippen LogP contribution in [0.2, 0.25) is 0 Å². The highest BCUT2D eigenvalue weighted by molar-refractivity contribution is 5.99. The second kappa shape index (κ2) is 8.19. The lowest BCUT2D eigenvalue weighted by Gasteiger charge is -2.11. The van der Waals surface area contributed by atoms with Crippen molar-refractivity contribution in [3.63, 3.8) is 0 Å². The van der Waals surface area contributed by atoms with Gasteiger partial charge in [0.25, 0.3) is 5.91 Å². The first kappa shape index (κ1) is 18.7. The number of aromatic nitrogens is 2. The van der Waals surface area contributed by atoms with Crippen molar-refractivity contribution in [1.82, 2.24) is 14.9 Å². The van der Waals surface area contributed by atoms with Gasteiger partial charge in [0.2, 0.25) is 0 Å². The van der Waals surface area contributed by atoms with E-state index in [0.29, 0.717) is 24.5 Å². The van der Waals surface area contributed by atoms with E-state index in [1.54, 1.807) is 13.1 Å². The van der Waals surface area contributed by atoms with E-state index in [9.17, 15) is 4.79 Å². The van der Waals surface area contributed by atoms with Crippen molar-refractivity contribution in [3.8, 4) is 5.75 Å². The lowest BCUT2D eigenvalue weighted by atomic mass is 10.1. The van der Waals surface area contributed by atoms with Gasteiger partial charge in [-0.25, -0.2) is 4.98 Å². The van der Waals surface area contributed by atoms with E-state index in [1.165, 1.54) is 5.56 Å². The van der Waals surface area contributed by atoms with Crippen LogP contribution in [0.25, 0.3) is 11.0 Å². The maximum absolute atomic E-state index is 12.4. The van der Waals surface area contributed by atoms with Gasteiger partial charge in [-0.1, -0.05) is 60.7 Å². The Hall–Kier alpha value is -3.60. The predicted molar refractivity (Wildman–Crippen MR) is 114 cm³/mol. The van der Waals surface area contributed by atoms with Gasteiger partial charge in [0.1, 0.15) is 23.7 Å². The summed E-state index contributed by atoms with van der Waals surface area (Å²) in [4.78, 5) is 17.1. The van der Waals surface area contributed by atoms with Crippen LogP contribution in [-0.2, 0) is 13.2 Å². The van der Waals surface area contributed by atoms with Crippen LogP contribution in [-0.4, -0.2) is 22.5 Å². The molecule has 1 heterocycles. The largest absolute Gasteiger partial charge is 0.487 e. The topological polar surface area (TPSA) is 56.1 Å². The van der Waals surface area contributed by atoms with Crippen LogP contribution in [0.4, 0.5) is 0 Å². The summed E-state index contributed by atoms with van der Waals surface area (Å²) in [7, 11) is 1.63. The Bertz CT molecular complexity index is 1140. The van der Waals surface area contributed by atoms with Gasteiger partial charge in [-0.2, -0.15) is 0 Å². The molecule has 5 heteroatoms. The van der Waals surface area contributed by atoms with Gasteiger partial charge in [0.05, 0.1) is 5.52 Å². The van der Waals surface area contributed by atoms with Gasteiger partial charge in [-0.05, 0) is 30.2 Å². The smallest absolute Gasteiger partial charge is 0.251 e. The van der Waals surface area contributed by atoms with E-state index in [4.69, 9.17) is 9.72 Å². The predicted octanol–water partition coefficient (Wildman–Crippen LogP) is 4.33. The molecule has 1 N–H and O–H groups in total. The molecule has 0 spiro atoms. The lowest BCUT2D eigenvalue weighted by Crippen LogP contribution is -2.18. The average Bonchev–Trinajstić information content (AvgIpc) is 3.08. The molecule has 4 aromatic rings. The van der Waals surface area contributed by atoms with Gasteiger partial charge in [0, 0.05) is 19.2 Å². The number of fused-ring (bicyclic) bond motifs is 1. The Morgan fingerprint density at radius 3 is 2.31 bits per heavy atom. The van der Waals surface area contributed by atoms with Crippen LogP contribution >= 0.6 is 0 Å². The monoisotopic (exact) mass is 385 g/mol. The third-order valence-electron chi connectivity index (χ3n) is 4.92. The van der Waals surface area contributed by atoms with Crippen molar-refractivity contribution >= 4 is 16.9 Å². The van der Waals surface area contributed by atoms with Crippen LogP contribution in [0.3, 0.4) is 0 Å². The number of imidazole rings is 1. The molecule has 0 saturated carbocycles. The van der Waals surface area contributed by atoms with Gasteiger partial charge >= 0.3 is 0 Å². The Kier molecular flexibility index (Phi) is 5.29. The van der Waals surface area contributed by atoms with E-state index in [0.717, 1.165) is 22.4 Å². The molecule has 0 unspecified atom stereocenters. The summed E-state index contributed by atoms with van der Waals surface area (Å²) in [6, 6.07) is 23.8. The zero-order chi connectivity index (χ0) is 20.2. The number of hydrogen-bond acceptors (Lipinski definition) is 3. The zero-order valence-electron chi connectivity index (χ0n) is 16.6. The van der Waals surface area contributed by atoms with Gasteiger partial charge in [-0.15, -0.1) is 0 Å². The third-order valence-corrected chi connectivity index (χ3v) is 4.92. The highest BCUT2D eigenvalue weighted by Gasteiger charge is 2.17. The summed E-state index contributed by atoms with van der Waals surface area (Å²) in [5.41, 5.74) is 4.44. The van der Waals surface area contributed by atoms with Crippen molar-refractivity contribution in [2.24, 2.45) is 0 Å². The first-order chi connectivity index (χ1) is 14.2. The normalized spacial score (nSPS) is 10.8. The number of carbonyl (C=O) groups excluding carboxylic acids is 1. The minimum atomic E-state index is -0.151. The molecule has 0 aliphatic carbocycles. The fourth-order valence-electron chi connectivity index (χ4n) is 3.39. The molecule has 0 bridgehead atoms. The summed E-state index contributed by atoms with van der Waals surface area (Å²) in [5, 5.41) is 2.70. The lowest BCUT2D eigenvalue weighted by molar-refractivity contribution is 0.0962. The molecule has 0 atom stereocenters. The van der Waals surface area contributed by atoms with Gasteiger partial charge in [0.15, 0.2) is 0 Å². The molecule has 0 fully saturated rings. The zero-order valence-corrected chi connectivity index (χ0v) is 16.6. The van der Waals surface area contributed by atoms with Crippen molar-refractivity contribution in [3.05, 3.63) is 95.3 Å². The summed E-state index contributed by atoms with van der Waals surface area (Å²) >= 11 is 0. The standard InChI is InChI=1S/C24H23N3O2/c1-17-26-23-21(27(17)15-18-9-5-3-6-10-18)13-20(24(28)25-2)14-22(23)29-16-19-11-7-4-8-12-19/h3-14H,15-16H2,1-2H3,(H,25,28). The number of hydrogen-bond donors (Lipinski definition) is 1. The number of rotatable bonds is 6. The molecular formula is C24H23N3O2. The van der Waals surface area contributed by atoms with Crippen LogP contribution < -0.4 is 10.1 Å². The second-order valence-corrected chi connectivity index (χ2v) is 6.93. The molecule has 0 aliphatic rings. The van der Waals surface area contributed by atoms with E-state index in [1.807, 2.05) is 61.5 Å². The number of amides is 1. The Balaban J connectivity index is 1.77. The summed E-state index contributed by atoms with van der Waals surface area (Å²) in [6.45, 7) is 3.07. The molecular weight excluding hydrogens is 362 g/mol. The molecule has 146 valence electrons. The minimum absolute atomic E-state index is 0.151. The number of ether oxygens (including phenoxy) is 1. The number of nitrogens with zero attached hydrogens (tertiary/aromatic N) is 2. The number of aryl methyl sites for hydroxylation is 1. The number of nitrogens with one attached hydrogen (secondary N) is 1. The van der Waals surface area contributed by atoms with Crippen molar-refractivity contribution in [2.75, 3.05) is 7.05 Å². The summed E-state index contributed by atoms with van der Waals surface area (Å²) < 4.78 is 8.22. The SMILES string of the molecule is CNC(=O)c1cc(OCc2ccccc2)c2nc(C)n(Cc3ccccc3)c2c1. The van der Waals surface area contributed by atoms with Crippen molar-refractivity contribution < 1.29 is 9.53 Å². The fraction of sp³-hybridized carbons (Fsp3) is 0.167. The Morgan fingerprint density at radius 2 is 1.66 bits per heavy atom. The first-order valence-corrected chi connectivity index (χ1v) is 9.59. The minimum Gasteiger partial charge on any atom is -0.487 e. The van der Waals surface area contributed by atoms with Crippen LogP contribution in [0.1, 0.15) is 27.3 Å². The Morgan fingerprint density at radius 1 is 1.00 bits per heavy atom. The van der Waals surface area contributed by atoms with Gasteiger partial charge < -0.3 is 14.6 Å². The molecule has 0 saturated heterocycles. The maximum Gasteiger partial charge on any atom is 0.251 e. The molecule has 5 nitrogen and oxygen atoms in total. The molecule has 0 radical (unpaired) electrons. The first-order valence-electron chi connectivity index (χ1n) is 9.59. The van der Waals surface area contributed by atoms with Crippen LogP contribution in [0, 0.1) is 6.92 Å². The van der Waals surface area contributed by atoms with E-state index < -0.39 is 0 Å². The van der Waals surface area contributed by atoms with Crippen molar-refractivity contribution in [2.45, 2.75) is 20.1 Å². The molecule has 3 aromatic carbocycles. The third kappa shape index (κ3) is 3.99. The summed E-state index contributed by atoms with van der Waals surface area (Å²) in [5.74, 6) is 1.34. The molecule has 0 aliphatic heterocycles. The number of benzene rings is 3. The van der Waals surface area contributed by atoms with Gasteiger partial charge in [-0.3, -0.25) is 4.79 Å². The quantitative estimate of drug-likeness (QED) is 0.537. The average molecular weight is 385 g/mol. The van der Waals surface area contributed by atoms with Crippen LogP contribution in [0.5, 0.6) is 5.75 Å². The highest BCUT2D eigenvalue weighted by Crippen LogP contribution is 2.29. The number of carbonyl (C=O) groups is 1. The molecule has 4 rings (SSSR count). The van der Waals surface area contributed by atoms with E-state index >= 15 is 0 Å². The van der Waals surface area contributed by atoms with Crippen LogP contribution in [0.15, 0.2) is 72.8 Å². The highest BCUT2D eigenvalue weighted by atomic mass is 16.5. The molecule has 1 amide bonds. The Labute approximate surface area is 170 Å². The second-order valence-electron chi connectivity index (χ2n) is 6.93. The molecule has 1 aromatic heterocycles. The molecule has 29 heavy (non-hydrogen) atoms. The summed E-state index contributed by atoms with van der Waals surface area (Å²) in [6.07, 6.45) is 0. The van der Waals surface area contributed by atoms with E-state index in [2.05, 4.69) is 22.0 Å². The maximum atomic E-state index is 12.4. The van der Waals surface area contributed by atoms with Crippen molar-refractivity contribution in [1.29, 1.82) is 0 Å². The van der Waals surface area contributed by atoms with E-state index in [-0.39, 0.29) is 5.91 Å². The fourth-order valence-corrected chi connectivity index (χ4v) is 3.39.